The van der Waals surface area contributed by atoms with Crippen LogP contribution in [-0.4, -0.2) is 23.6 Å². The number of methoxy groups -OCH3 is 1. The Balaban J connectivity index is 1.67. The van der Waals surface area contributed by atoms with Crippen LogP contribution in [0.1, 0.15) is 26.0 Å². The van der Waals surface area contributed by atoms with E-state index in [9.17, 15) is 0 Å². The van der Waals surface area contributed by atoms with Crippen molar-refractivity contribution in [2.24, 2.45) is 0 Å². The van der Waals surface area contributed by atoms with Gasteiger partial charge < -0.3 is 20.4 Å². The summed E-state index contributed by atoms with van der Waals surface area (Å²) in [6, 6.07) is 16.6. The van der Waals surface area contributed by atoms with E-state index in [0.717, 1.165) is 53.5 Å². The van der Waals surface area contributed by atoms with Gasteiger partial charge in [0.2, 0.25) is 0 Å². The molecule has 1 aromatic heterocycles. The van der Waals surface area contributed by atoms with Gasteiger partial charge in [-0.25, -0.2) is 4.98 Å². The Hall–Kier alpha value is -3.21. The molecule has 28 heavy (non-hydrogen) atoms. The Morgan fingerprint density at radius 3 is 2.61 bits per heavy atom. The van der Waals surface area contributed by atoms with Gasteiger partial charge >= 0.3 is 0 Å². The third-order valence-corrected chi connectivity index (χ3v) is 4.77. The minimum Gasteiger partial charge on any atom is -0.497 e. The molecular weight excluding hydrogens is 348 g/mol. The molecule has 0 aliphatic rings. The predicted octanol–water partition coefficient (Wildman–Crippen LogP) is 4.97. The number of aromatic amines is 1. The van der Waals surface area contributed by atoms with Gasteiger partial charge in [-0.2, -0.15) is 0 Å². The van der Waals surface area contributed by atoms with Gasteiger partial charge in [-0.15, -0.1) is 0 Å². The molecule has 0 bridgehead atoms. The molecule has 3 rings (SSSR count). The third-order valence-electron chi connectivity index (χ3n) is 4.77. The number of anilines is 1. The molecule has 5 heteroatoms. The molecule has 0 spiro atoms. The van der Waals surface area contributed by atoms with Gasteiger partial charge in [-0.05, 0) is 54.3 Å². The summed E-state index contributed by atoms with van der Waals surface area (Å²) >= 11 is 0. The summed E-state index contributed by atoms with van der Waals surface area (Å²) in [4.78, 5) is 7.20. The zero-order valence-electron chi connectivity index (χ0n) is 16.8. The second-order valence-corrected chi connectivity index (χ2v) is 6.70. The lowest BCUT2D eigenvalue weighted by molar-refractivity contribution is 0.415. The zero-order chi connectivity index (χ0) is 19.8. The van der Waals surface area contributed by atoms with Crippen LogP contribution in [0, 0.1) is 0 Å². The number of H-pyrrole nitrogens is 1. The number of allylic oxidation sites excluding steroid dienone is 1. The lowest BCUT2D eigenvalue weighted by Crippen LogP contribution is -2.23. The number of benzene rings is 2. The summed E-state index contributed by atoms with van der Waals surface area (Å²) in [6.07, 6.45) is 5.46. The molecule has 3 N–H and O–H groups in total. The Bertz CT molecular complexity index is 899. The van der Waals surface area contributed by atoms with Crippen LogP contribution in [0.2, 0.25) is 0 Å². The van der Waals surface area contributed by atoms with Crippen LogP contribution in [0.4, 0.5) is 5.69 Å². The molecule has 0 saturated heterocycles. The normalized spacial score (nSPS) is 11.7. The van der Waals surface area contributed by atoms with E-state index in [0.29, 0.717) is 0 Å². The zero-order valence-corrected chi connectivity index (χ0v) is 16.8. The maximum Gasteiger partial charge on any atom is 0.119 e. The Morgan fingerprint density at radius 2 is 1.93 bits per heavy atom. The summed E-state index contributed by atoms with van der Waals surface area (Å²) in [7, 11) is 1.69. The van der Waals surface area contributed by atoms with Crippen LogP contribution < -0.4 is 15.4 Å². The van der Waals surface area contributed by atoms with E-state index >= 15 is 0 Å². The Morgan fingerprint density at radius 1 is 1.11 bits per heavy atom. The van der Waals surface area contributed by atoms with Crippen molar-refractivity contribution in [3.05, 3.63) is 78.1 Å². The number of hydrogen-bond donors (Lipinski definition) is 3. The highest BCUT2D eigenvalue weighted by molar-refractivity contribution is 5.67. The number of rotatable bonds is 9. The third kappa shape index (κ3) is 5.16. The molecule has 0 unspecified atom stereocenters. The summed E-state index contributed by atoms with van der Waals surface area (Å²) in [5.41, 5.74) is 5.78. The van der Waals surface area contributed by atoms with E-state index in [1.54, 1.807) is 13.4 Å². The van der Waals surface area contributed by atoms with E-state index in [4.69, 9.17) is 4.74 Å². The van der Waals surface area contributed by atoms with Crippen molar-refractivity contribution >= 4 is 5.69 Å². The topological polar surface area (TPSA) is 62.0 Å². The largest absolute Gasteiger partial charge is 0.497 e. The molecule has 2 aromatic carbocycles. The maximum absolute atomic E-state index is 5.32. The van der Waals surface area contributed by atoms with Crippen molar-refractivity contribution in [2.45, 2.75) is 26.7 Å². The Kier molecular flexibility index (Phi) is 6.73. The van der Waals surface area contributed by atoms with Crippen LogP contribution in [0.25, 0.3) is 11.1 Å². The van der Waals surface area contributed by atoms with Gasteiger partial charge in [0.15, 0.2) is 0 Å². The molecular formula is C23H28N4O. The fourth-order valence-corrected chi connectivity index (χ4v) is 2.92. The summed E-state index contributed by atoms with van der Waals surface area (Å²) in [6.45, 7) is 5.15. The summed E-state index contributed by atoms with van der Waals surface area (Å²) < 4.78 is 5.32. The van der Waals surface area contributed by atoms with Gasteiger partial charge in [0, 0.05) is 30.5 Å². The van der Waals surface area contributed by atoms with E-state index in [1.807, 2.05) is 24.4 Å². The summed E-state index contributed by atoms with van der Waals surface area (Å²) in [5.74, 6) is 1.93. The fraction of sp³-hybridized carbons (Fsp3) is 0.261. The minimum absolute atomic E-state index is 0.837. The van der Waals surface area contributed by atoms with Crippen LogP contribution in [-0.2, 0) is 6.42 Å². The number of imidazole rings is 1. The van der Waals surface area contributed by atoms with Crippen molar-refractivity contribution in [3.63, 3.8) is 0 Å². The van der Waals surface area contributed by atoms with Crippen LogP contribution in [0.15, 0.2) is 72.4 Å². The molecule has 0 aliphatic heterocycles. The molecule has 0 atom stereocenters. The van der Waals surface area contributed by atoms with Gasteiger partial charge in [-0.1, -0.05) is 31.2 Å². The predicted molar refractivity (Wildman–Crippen MR) is 115 cm³/mol. The van der Waals surface area contributed by atoms with Crippen LogP contribution in [0.5, 0.6) is 5.75 Å². The number of nitrogens with zero attached hydrogens (tertiary/aromatic N) is 1. The molecule has 0 fully saturated rings. The van der Waals surface area contributed by atoms with Gasteiger partial charge in [0.1, 0.15) is 11.6 Å². The monoisotopic (exact) mass is 376 g/mol. The molecule has 0 aliphatic carbocycles. The lowest BCUT2D eigenvalue weighted by atomic mass is 10.1. The first-order valence-corrected chi connectivity index (χ1v) is 9.62. The quantitative estimate of drug-likeness (QED) is 0.493. The summed E-state index contributed by atoms with van der Waals surface area (Å²) in [5, 5.41) is 7.05. The fourth-order valence-electron chi connectivity index (χ4n) is 2.92. The van der Waals surface area contributed by atoms with Crippen molar-refractivity contribution in [1.29, 1.82) is 0 Å². The highest BCUT2D eigenvalue weighted by Crippen LogP contribution is 2.25. The smallest absolute Gasteiger partial charge is 0.119 e. The van der Waals surface area contributed by atoms with Gasteiger partial charge in [-0.3, -0.25) is 0 Å². The molecule has 0 amide bonds. The van der Waals surface area contributed by atoms with E-state index < -0.39 is 0 Å². The highest BCUT2D eigenvalue weighted by Gasteiger charge is 2.05. The van der Waals surface area contributed by atoms with Crippen molar-refractivity contribution < 1.29 is 4.74 Å². The number of aromatic nitrogens is 2. The molecule has 3 aromatic rings. The minimum atomic E-state index is 0.837. The molecule has 1 heterocycles. The number of hydrogen-bond acceptors (Lipinski definition) is 4. The molecule has 0 radical (unpaired) electrons. The van der Waals surface area contributed by atoms with Crippen molar-refractivity contribution in [3.8, 4) is 16.9 Å². The first-order valence-electron chi connectivity index (χ1n) is 9.62. The maximum atomic E-state index is 5.32. The van der Waals surface area contributed by atoms with E-state index in [1.165, 1.54) is 5.57 Å². The average Bonchev–Trinajstić information content (AvgIpc) is 3.26. The van der Waals surface area contributed by atoms with Gasteiger partial charge in [0.05, 0.1) is 13.4 Å². The second-order valence-electron chi connectivity index (χ2n) is 6.70. The first-order chi connectivity index (χ1) is 13.7. The standard InChI is InChI=1S/C23H28N4O/c1-4-17(2)23(25-13-12-21-15-24-16-26-21)27-20-10-8-18(9-11-20)19-6-5-7-22(14-19)28-3/h5-11,14-16,25,27H,4,12-13H2,1-3H3,(H,24,26). The number of nitrogens with one attached hydrogen (secondary N) is 3. The molecule has 146 valence electrons. The second kappa shape index (κ2) is 9.65. The lowest BCUT2D eigenvalue weighted by Gasteiger charge is -2.17. The Labute approximate surface area is 166 Å². The highest BCUT2D eigenvalue weighted by atomic mass is 16.5. The van der Waals surface area contributed by atoms with E-state index in [2.05, 4.69) is 64.8 Å². The van der Waals surface area contributed by atoms with Crippen molar-refractivity contribution in [2.75, 3.05) is 19.0 Å². The first kappa shape index (κ1) is 19.5. The molecule has 0 saturated carbocycles. The van der Waals surface area contributed by atoms with E-state index in [-0.39, 0.29) is 0 Å². The van der Waals surface area contributed by atoms with Crippen molar-refractivity contribution in [1.82, 2.24) is 15.3 Å². The average molecular weight is 377 g/mol. The number of ether oxygens (including phenoxy) is 1. The van der Waals surface area contributed by atoms with Gasteiger partial charge in [0.25, 0.3) is 0 Å². The SMILES string of the molecule is CCC(C)=C(NCCc1cnc[nH]1)Nc1ccc(-c2cccc(OC)c2)cc1. The van der Waals surface area contributed by atoms with Crippen LogP contribution >= 0.6 is 0 Å². The van der Waals surface area contributed by atoms with Crippen LogP contribution in [0.3, 0.4) is 0 Å². The molecule has 5 nitrogen and oxygen atoms in total.